The van der Waals surface area contributed by atoms with Gasteiger partial charge in [0, 0.05) is 27.1 Å². The van der Waals surface area contributed by atoms with Crippen LogP contribution in [0.1, 0.15) is 6.42 Å². The minimum atomic E-state index is -0.292. The van der Waals surface area contributed by atoms with Gasteiger partial charge in [0.05, 0.1) is 0 Å². The minimum Gasteiger partial charge on any atom is -0.353 e. The maximum atomic E-state index is 4.92. The molecule has 0 N–H and O–H groups in total. The highest BCUT2D eigenvalue weighted by Gasteiger charge is 2.43. The normalized spacial score (nSPS) is 24.9. The average Bonchev–Trinajstić information content (AvgIpc) is 2.46. The van der Waals surface area contributed by atoms with Crippen molar-refractivity contribution in [2.45, 2.75) is 12.2 Å². The Balaban J connectivity index is 2.28. The predicted octanol–water partition coefficient (Wildman–Crippen LogP) is 0.583. The summed E-state index contributed by atoms with van der Waals surface area (Å²) >= 11 is 0. The first-order valence-corrected chi connectivity index (χ1v) is 2.28. The van der Waals surface area contributed by atoms with Gasteiger partial charge >= 0.3 is 0 Å². The van der Waals surface area contributed by atoms with Gasteiger partial charge in [-0.3, -0.25) is 0 Å². The van der Waals surface area contributed by atoms with Crippen LogP contribution in [0.3, 0.4) is 0 Å². The third-order valence-electron chi connectivity index (χ3n) is 1.23. The third-order valence-corrected chi connectivity index (χ3v) is 1.23. The molecular formula is C5H9O2. The first kappa shape index (κ1) is 5.06. The zero-order valence-electron chi connectivity index (χ0n) is 4.60. The van der Waals surface area contributed by atoms with Crippen LogP contribution in [0.15, 0.2) is 0 Å². The Labute approximate surface area is 43.4 Å². The molecule has 2 heteroatoms. The van der Waals surface area contributed by atoms with E-state index in [1.807, 2.05) is 6.42 Å². The molecule has 1 fully saturated rings. The molecular weight excluding hydrogens is 92.1 g/mol. The monoisotopic (exact) mass is 101 g/mol. The highest BCUT2D eigenvalue weighted by Crippen LogP contribution is 2.37. The van der Waals surface area contributed by atoms with Crippen molar-refractivity contribution < 1.29 is 9.47 Å². The molecule has 1 rings (SSSR count). The van der Waals surface area contributed by atoms with E-state index in [9.17, 15) is 0 Å². The van der Waals surface area contributed by atoms with E-state index in [1.54, 1.807) is 14.2 Å². The molecule has 0 aliphatic heterocycles. The van der Waals surface area contributed by atoms with Crippen molar-refractivity contribution >= 4 is 0 Å². The molecule has 0 unspecified atom stereocenters. The average molecular weight is 101 g/mol. The highest BCUT2D eigenvalue weighted by molar-refractivity contribution is 5.06. The van der Waals surface area contributed by atoms with Gasteiger partial charge in [0.2, 0.25) is 0 Å². The van der Waals surface area contributed by atoms with Gasteiger partial charge in [0.15, 0.2) is 5.79 Å². The van der Waals surface area contributed by atoms with Crippen LogP contribution in [0.2, 0.25) is 0 Å². The molecule has 0 aromatic carbocycles. The van der Waals surface area contributed by atoms with Crippen molar-refractivity contribution in [3.8, 4) is 0 Å². The van der Waals surface area contributed by atoms with E-state index in [4.69, 9.17) is 9.47 Å². The van der Waals surface area contributed by atoms with Crippen molar-refractivity contribution in [1.82, 2.24) is 0 Å². The maximum Gasteiger partial charge on any atom is 0.171 e. The zero-order valence-corrected chi connectivity index (χ0v) is 4.60. The van der Waals surface area contributed by atoms with Crippen molar-refractivity contribution in [2.24, 2.45) is 0 Å². The fourth-order valence-electron chi connectivity index (χ4n) is 0.500. The van der Waals surface area contributed by atoms with Crippen LogP contribution < -0.4 is 0 Å². The summed E-state index contributed by atoms with van der Waals surface area (Å²) in [5.41, 5.74) is 0. The summed E-state index contributed by atoms with van der Waals surface area (Å²) in [4.78, 5) is 0. The number of hydrogen-bond donors (Lipinski definition) is 0. The van der Waals surface area contributed by atoms with Gasteiger partial charge in [-0.05, 0) is 0 Å². The molecule has 1 aliphatic carbocycles. The minimum absolute atomic E-state index is 0.292. The predicted molar refractivity (Wildman–Crippen MR) is 25.7 cm³/mol. The van der Waals surface area contributed by atoms with Gasteiger partial charge in [0.1, 0.15) is 0 Å². The Morgan fingerprint density at radius 3 is 1.86 bits per heavy atom. The standard InChI is InChI=1S/C5H9O2/c1-6-5(7-2)3-4-5/h3H,4H2,1-2H3. The van der Waals surface area contributed by atoms with Crippen LogP contribution in [0.25, 0.3) is 0 Å². The molecule has 2 nitrogen and oxygen atoms in total. The van der Waals surface area contributed by atoms with Crippen LogP contribution in [0.5, 0.6) is 0 Å². The Morgan fingerprint density at radius 1 is 1.43 bits per heavy atom. The van der Waals surface area contributed by atoms with E-state index < -0.39 is 0 Å². The van der Waals surface area contributed by atoms with Crippen LogP contribution in [0, 0.1) is 6.42 Å². The summed E-state index contributed by atoms with van der Waals surface area (Å²) < 4.78 is 9.84. The topological polar surface area (TPSA) is 18.5 Å². The van der Waals surface area contributed by atoms with Crippen LogP contribution >= 0.6 is 0 Å². The summed E-state index contributed by atoms with van der Waals surface area (Å²) in [6.07, 6.45) is 2.91. The van der Waals surface area contributed by atoms with Gasteiger partial charge < -0.3 is 9.47 Å². The van der Waals surface area contributed by atoms with Gasteiger partial charge in [-0.25, -0.2) is 0 Å². The lowest BCUT2D eigenvalue weighted by Gasteiger charge is -2.07. The molecule has 1 aliphatic rings. The fourth-order valence-corrected chi connectivity index (χ4v) is 0.500. The second-order valence-corrected chi connectivity index (χ2v) is 1.63. The zero-order chi connectivity index (χ0) is 5.33. The van der Waals surface area contributed by atoms with E-state index in [2.05, 4.69) is 0 Å². The summed E-state index contributed by atoms with van der Waals surface area (Å²) in [5.74, 6) is -0.292. The summed E-state index contributed by atoms with van der Waals surface area (Å²) in [7, 11) is 3.29. The lowest BCUT2D eigenvalue weighted by atomic mass is 10.7. The molecule has 0 spiro atoms. The molecule has 41 valence electrons. The molecule has 7 heavy (non-hydrogen) atoms. The lowest BCUT2D eigenvalue weighted by molar-refractivity contribution is -0.117. The summed E-state index contributed by atoms with van der Waals surface area (Å²) in [6, 6.07) is 0. The van der Waals surface area contributed by atoms with Crippen molar-refractivity contribution in [2.75, 3.05) is 14.2 Å². The summed E-state index contributed by atoms with van der Waals surface area (Å²) in [5, 5.41) is 0. The molecule has 1 radical (unpaired) electrons. The molecule has 1 saturated carbocycles. The van der Waals surface area contributed by atoms with Gasteiger partial charge in [-0.2, -0.15) is 0 Å². The van der Waals surface area contributed by atoms with Crippen LogP contribution in [0.4, 0.5) is 0 Å². The number of ether oxygens (including phenoxy) is 2. The van der Waals surface area contributed by atoms with E-state index in [-0.39, 0.29) is 5.79 Å². The van der Waals surface area contributed by atoms with Gasteiger partial charge in [0.25, 0.3) is 0 Å². The first-order valence-electron chi connectivity index (χ1n) is 2.28. The summed E-state index contributed by atoms with van der Waals surface area (Å²) in [6.45, 7) is 0. The number of hydrogen-bond acceptors (Lipinski definition) is 2. The van der Waals surface area contributed by atoms with E-state index >= 15 is 0 Å². The Bertz CT molecular complexity index is 60.5. The maximum absolute atomic E-state index is 4.92. The molecule has 0 saturated heterocycles. The van der Waals surface area contributed by atoms with Crippen LogP contribution in [-0.2, 0) is 9.47 Å². The Kier molecular flexibility index (Phi) is 1.05. The van der Waals surface area contributed by atoms with Gasteiger partial charge in [-0.15, -0.1) is 0 Å². The molecule has 0 aromatic heterocycles. The van der Waals surface area contributed by atoms with E-state index in [0.29, 0.717) is 0 Å². The molecule has 0 atom stereocenters. The first-order chi connectivity index (χ1) is 3.33. The van der Waals surface area contributed by atoms with E-state index in [1.165, 1.54) is 0 Å². The SMILES string of the molecule is COC1(OC)[CH]C1. The lowest BCUT2D eigenvalue weighted by Crippen LogP contribution is -2.12. The molecule has 0 amide bonds. The fraction of sp³-hybridized carbons (Fsp3) is 0.800. The van der Waals surface area contributed by atoms with Gasteiger partial charge in [-0.1, -0.05) is 0 Å². The third kappa shape index (κ3) is 0.763. The van der Waals surface area contributed by atoms with E-state index in [0.717, 1.165) is 6.42 Å². The number of rotatable bonds is 2. The van der Waals surface area contributed by atoms with Crippen molar-refractivity contribution in [3.63, 3.8) is 0 Å². The molecule has 0 heterocycles. The molecule has 0 bridgehead atoms. The smallest absolute Gasteiger partial charge is 0.171 e. The second-order valence-electron chi connectivity index (χ2n) is 1.63. The van der Waals surface area contributed by atoms with Crippen LogP contribution in [-0.4, -0.2) is 20.0 Å². The van der Waals surface area contributed by atoms with Crippen molar-refractivity contribution in [3.05, 3.63) is 6.42 Å². The Morgan fingerprint density at radius 2 is 1.86 bits per heavy atom. The largest absolute Gasteiger partial charge is 0.353 e. The van der Waals surface area contributed by atoms with Crippen molar-refractivity contribution in [1.29, 1.82) is 0 Å². The molecule has 0 aromatic rings. The second kappa shape index (κ2) is 1.46. The number of methoxy groups -OCH3 is 2. The highest BCUT2D eigenvalue weighted by atomic mass is 16.7. The Hall–Kier alpha value is -0.0800. The quantitative estimate of drug-likeness (QED) is 0.474.